The van der Waals surface area contributed by atoms with E-state index in [0.717, 1.165) is 44.9 Å². The molecular formula is C69H134N2O6P+. The Labute approximate surface area is 486 Å². The molecule has 9 heteroatoms. The molecule has 3 N–H and O–H groups in total. The van der Waals surface area contributed by atoms with Crippen molar-refractivity contribution < 1.29 is 32.9 Å². The molecule has 0 heterocycles. The highest BCUT2D eigenvalue weighted by molar-refractivity contribution is 7.47. The molecule has 0 radical (unpaired) electrons. The second-order valence-electron chi connectivity index (χ2n) is 24.5. The lowest BCUT2D eigenvalue weighted by Crippen LogP contribution is -2.45. The maximum atomic E-state index is 13.0. The number of carbonyl (C=O) groups is 1. The summed E-state index contributed by atoms with van der Waals surface area (Å²) in [5.41, 5.74) is 0. The van der Waals surface area contributed by atoms with E-state index >= 15 is 0 Å². The molecule has 0 aliphatic heterocycles. The van der Waals surface area contributed by atoms with Crippen molar-refractivity contribution in [3.8, 4) is 0 Å². The average Bonchev–Trinajstić information content (AvgIpc) is 3.41. The molecule has 3 unspecified atom stereocenters. The lowest BCUT2D eigenvalue weighted by Gasteiger charge is -2.25. The molecule has 0 aliphatic rings. The lowest BCUT2D eigenvalue weighted by atomic mass is 10.0. The fraction of sp³-hybridized carbons (Fsp3) is 0.870. The van der Waals surface area contributed by atoms with Crippen LogP contribution in [0.25, 0.3) is 0 Å². The lowest BCUT2D eigenvalue weighted by molar-refractivity contribution is -0.870. The number of hydrogen-bond acceptors (Lipinski definition) is 5. The first-order chi connectivity index (χ1) is 38.0. The number of likely N-dealkylation sites (N-methyl/N-ethyl adjacent to an activating group) is 1. The van der Waals surface area contributed by atoms with Gasteiger partial charge in [0.25, 0.3) is 0 Å². The van der Waals surface area contributed by atoms with Crippen molar-refractivity contribution >= 4 is 13.7 Å². The Bertz CT molecular complexity index is 1410. The normalized spacial score (nSPS) is 14.0. The van der Waals surface area contributed by atoms with Gasteiger partial charge in [-0.3, -0.25) is 13.8 Å². The van der Waals surface area contributed by atoms with Gasteiger partial charge in [-0.1, -0.05) is 306 Å². The summed E-state index contributed by atoms with van der Waals surface area (Å²) in [7, 11) is 1.55. The van der Waals surface area contributed by atoms with Gasteiger partial charge < -0.3 is 19.8 Å². The summed E-state index contributed by atoms with van der Waals surface area (Å²) in [6.45, 7) is 4.82. The Morgan fingerprint density at radius 3 is 1.03 bits per heavy atom. The topological polar surface area (TPSA) is 105 Å². The van der Waals surface area contributed by atoms with Gasteiger partial charge in [0.2, 0.25) is 5.91 Å². The van der Waals surface area contributed by atoms with E-state index in [-0.39, 0.29) is 19.1 Å². The van der Waals surface area contributed by atoms with Crippen LogP contribution < -0.4 is 5.32 Å². The minimum absolute atomic E-state index is 0.0539. The van der Waals surface area contributed by atoms with Crippen LogP contribution in [0, 0.1) is 0 Å². The fourth-order valence-electron chi connectivity index (χ4n) is 10.2. The SMILES string of the molecule is CCCCCCCCC/C=C/CC/C=C/CC/C=C/C(O)C(COP(=O)(O)OCC[N+](C)(C)C)NC(=O)CCCCCCCCCCCCCCCCCCC/C=C\CCCCCCCCCCCCCCCCCCCC. The van der Waals surface area contributed by atoms with Gasteiger partial charge in [-0.15, -0.1) is 0 Å². The van der Waals surface area contributed by atoms with Crippen LogP contribution in [0.3, 0.4) is 0 Å². The molecule has 78 heavy (non-hydrogen) atoms. The zero-order chi connectivity index (χ0) is 57.0. The molecule has 0 aromatic rings. The van der Waals surface area contributed by atoms with Gasteiger partial charge in [0, 0.05) is 6.42 Å². The third kappa shape index (κ3) is 62.1. The molecule has 3 atom stereocenters. The molecule has 1 amide bonds. The van der Waals surface area contributed by atoms with Gasteiger partial charge in [0.15, 0.2) is 0 Å². The van der Waals surface area contributed by atoms with Gasteiger partial charge in [-0.25, -0.2) is 4.57 Å². The molecule has 460 valence electrons. The highest BCUT2D eigenvalue weighted by Gasteiger charge is 2.28. The monoisotopic (exact) mass is 1120 g/mol. The highest BCUT2D eigenvalue weighted by atomic mass is 31.2. The van der Waals surface area contributed by atoms with E-state index in [1.54, 1.807) is 6.08 Å². The number of phosphoric acid groups is 1. The Morgan fingerprint density at radius 2 is 0.705 bits per heavy atom. The number of unbranched alkanes of at least 4 members (excludes halogenated alkanes) is 44. The first kappa shape index (κ1) is 76.5. The van der Waals surface area contributed by atoms with E-state index in [1.807, 2.05) is 27.2 Å². The summed E-state index contributed by atoms with van der Waals surface area (Å²) in [5.74, 6) is -0.187. The quantitative estimate of drug-likeness (QED) is 0.0243. The van der Waals surface area contributed by atoms with Crippen molar-refractivity contribution in [2.24, 2.45) is 0 Å². The van der Waals surface area contributed by atoms with Crippen molar-refractivity contribution in [3.05, 3.63) is 48.6 Å². The van der Waals surface area contributed by atoms with Gasteiger partial charge in [-0.05, 0) is 70.6 Å². The Morgan fingerprint density at radius 1 is 0.423 bits per heavy atom. The smallest absolute Gasteiger partial charge is 0.387 e. The Hall–Kier alpha value is -1.54. The summed E-state index contributed by atoms with van der Waals surface area (Å²) in [4.78, 5) is 23.3. The number of nitrogens with zero attached hydrogens (tertiary/aromatic N) is 1. The van der Waals surface area contributed by atoms with Gasteiger partial charge in [-0.2, -0.15) is 0 Å². The van der Waals surface area contributed by atoms with Crippen LogP contribution in [-0.2, 0) is 18.4 Å². The summed E-state index contributed by atoms with van der Waals surface area (Å²) in [6.07, 6.45) is 81.3. The van der Waals surface area contributed by atoms with Crippen molar-refractivity contribution in [1.82, 2.24) is 5.32 Å². The second-order valence-corrected chi connectivity index (χ2v) is 26.0. The van der Waals surface area contributed by atoms with E-state index < -0.39 is 20.0 Å². The summed E-state index contributed by atoms with van der Waals surface area (Å²) < 4.78 is 23.7. The largest absolute Gasteiger partial charge is 0.472 e. The summed E-state index contributed by atoms with van der Waals surface area (Å²) in [6, 6.07) is -0.870. The van der Waals surface area contributed by atoms with E-state index in [1.165, 1.54) is 270 Å². The van der Waals surface area contributed by atoms with Gasteiger partial charge in [0.1, 0.15) is 13.2 Å². The maximum Gasteiger partial charge on any atom is 0.472 e. The molecule has 0 saturated heterocycles. The number of aliphatic hydroxyl groups is 1. The highest BCUT2D eigenvalue weighted by Crippen LogP contribution is 2.43. The number of quaternary nitrogens is 1. The summed E-state index contributed by atoms with van der Waals surface area (Å²) >= 11 is 0. The van der Waals surface area contributed by atoms with Crippen LogP contribution in [-0.4, -0.2) is 73.4 Å². The second kappa shape index (κ2) is 60.1. The molecule has 0 aromatic carbocycles. The van der Waals surface area contributed by atoms with Crippen molar-refractivity contribution in [3.63, 3.8) is 0 Å². The molecule has 0 aliphatic carbocycles. The van der Waals surface area contributed by atoms with Crippen molar-refractivity contribution in [2.75, 3.05) is 40.9 Å². The number of rotatable bonds is 63. The summed E-state index contributed by atoms with van der Waals surface area (Å²) in [5, 5.41) is 13.9. The van der Waals surface area contributed by atoms with Crippen LogP contribution in [0.1, 0.15) is 335 Å². The maximum absolute atomic E-state index is 13.0. The van der Waals surface area contributed by atoms with Gasteiger partial charge >= 0.3 is 7.82 Å². The van der Waals surface area contributed by atoms with Crippen LogP contribution >= 0.6 is 7.82 Å². The minimum Gasteiger partial charge on any atom is -0.387 e. The molecule has 0 rings (SSSR count). The number of carbonyl (C=O) groups excluding carboxylic acids is 1. The van der Waals surface area contributed by atoms with E-state index in [4.69, 9.17) is 9.05 Å². The number of allylic oxidation sites excluding steroid dienone is 7. The average molecular weight is 1120 g/mol. The zero-order valence-electron chi connectivity index (χ0n) is 52.7. The van der Waals surface area contributed by atoms with Crippen molar-refractivity contribution in [2.45, 2.75) is 347 Å². The zero-order valence-corrected chi connectivity index (χ0v) is 53.6. The van der Waals surface area contributed by atoms with Crippen LogP contribution in [0.2, 0.25) is 0 Å². The van der Waals surface area contributed by atoms with Gasteiger partial charge in [0.05, 0.1) is 39.9 Å². The molecule has 0 fully saturated rings. The van der Waals surface area contributed by atoms with E-state index in [9.17, 15) is 19.4 Å². The third-order valence-corrected chi connectivity index (χ3v) is 16.5. The predicted molar refractivity (Wildman–Crippen MR) is 341 cm³/mol. The molecule has 0 aromatic heterocycles. The molecule has 0 spiro atoms. The van der Waals surface area contributed by atoms with E-state index in [0.29, 0.717) is 17.4 Å². The first-order valence-corrected chi connectivity index (χ1v) is 35.5. The Balaban J connectivity index is 3.95. The Kier molecular flexibility index (Phi) is 58.9. The van der Waals surface area contributed by atoms with E-state index in [2.05, 4.69) is 55.6 Å². The standard InChI is InChI=1S/C69H133N2O6P/c1-6-8-10-12-14-16-18-20-22-24-25-26-27-28-29-30-31-32-33-34-35-36-37-38-39-40-41-42-43-44-45-47-49-51-53-55-57-59-61-63-69(73)70-67(66-77-78(74,75)76-65-64-71(3,4)5)68(72)62-60-58-56-54-52-50-48-46-23-21-19-17-15-13-11-9-7-2/h23,34-35,46,52,54,60,62,67-68,72H,6-22,24-33,36-45,47-51,53,55-59,61,63-66H2,1-5H3,(H-,70,73,74,75)/p+1/b35-34-,46-23+,54-52+,62-60+. The van der Waals surface area contributed by atoms with Crippen LogP contribution in [0.4, 0.5) is 0 Å². The number of amides is 1. The minimum atomic E-state index is -4.36. The molecule has 8 nitrogen and oxygen atoms in total. The first-order valence-electron chi connectivity index (χ1n) is 34.0. The third-order valence-electron chi connectivity index (χ3n) is 15.5. The number of aliphatic hydroxyl groups excluding tert-OH is 1. The molecule has 0 bridgehead atoms. The van der Waals surface area contributed by atoms with Crippen LogP contribution in [0.15, 0.2) is 48.6 Å². The van der Waals surface area contributed by atoms with Crippen molar-refractivity contribution in [1.29, 1.82) is 0 Å². The van der Waals surface area contributed by atoms with Crippen LogP contribution in [0.5, 0.6) is 0 Å². The fourth-order valence-corrected chi connectivity index (χ4v) is 10.9. The number of phosphoric ester groups is 1. The molecule has 0 saturated carbocycles. The molecular weight excluding hydrogens is 984 g/mol. The number of hydrogen-bond donors (Lipinski definition) is 3. The number of nitrogens with one attached hydrogen (secondary N) is 1. The predicted octanol–water partition coefficient (Wildman–Crippen LogP) is 21.4.